The van der Waals surface area contributed by atoms with E-state index in [0.717, 1.165) is 16.7 Å². The van der Waals surface area contributed by atoms with Crippen molar-refractivity contribution in [3.63, 3.8) is 0 Å². The van der Waals surface area contributed by atoms with Gasteiger partial charge in [-0.05, 0) is 35.9 Å². The first kappa shape index (κ1) is 19.6. The molecule has 7 nitrogen and oxygen atoms in total. The van der Waals surface area contributed by atoms with Crippen molar-refractivity contribution in [1.29, 1.82) is 0 Å². The van der Waals surface area contributed by atoms with Crippen LogP contribution in [0.3, 0.4) is 0 Å². The fourth-order valence-corrected chi connectivity index (χ4v) is 3.61. The van der Waals surface area contributed by atoms with Crippen LogP contribution in [0.1, 0.15) is 5.56 Å². The zero-order valence-corrected chi connectivity index (χ0v) is 15.8. The number of nitro groups is 1. The third-order valence-corrected chi connectivity index (χ3v) is 5.08. The van der Waals surface area contributed by atoms with Crippen molar-refractivity contribution in [2.75, 3.05) is 11.9 Å². The quantitative estimate of drug-likeness (QED) is 0.346. The summed E-state index contributed by atoms with van der Waals surface area (Å²) >= 11 is 6.23. The van der Waals surface area contributed by atoms with Gasteiger partial charge in [-0.3, -0.25) is 24.6 Å². The second kappa shape index (κ2) is 8.28. The van der Waals surface area contributed by atoms with Gasteiger partial charge in [0.05, 0.1) is 9.83 Å². The third kappa shape index (κ3) is 4.59. The summed E-state index contributed by atoms with van der Waals surface area (Å²) in [6.07, 6.45) is 1.58. The Hall–Kier alpha value is -3.11. The number of hydrogen-bond acceptors (Lipinski definition) is 6. The molecule has 0 spiro atoms. The molecule has 1 saturated heterocycles. The maximum atomic E-state index is 13.0. The Morgan fingerprint density at radius 2 is 1.86 bits per heavy atom. The molecule has 1 aliphatic rings. The van der Waals surface area contributed by atoms with Crippen LogP contribution in [-0.2, 0) is 9.59 Å². The lowest BCUT2D eigenvalue weighted by Gasteiger charge is -2.14. The number of nitrogens with one attached hydrogen (secondary N) is 1. The highest BCUT2D eigenvalue weighted by Crippen LogP contribution is 2.32. The molecule has 3 rings (SSSR count). The number of thiocarbonyl (C=S) groups is 1. The van der Waals surface area contributed by atoms with Crippen molar-refractivity contribution in [2.45, 2.75) is 0 Å². The minimum atomic E-state index is -0.543. The van der Waals surface area contributed by atoms with Crippen molar-refractivity contribution < 1.29 is 18.9 Å². The van der Waals surface area contributed by atoms with Crippen LogP contribution in [0.15, 0.2) is 53.4 Å². The molecule has 28 heavy (non-hydrogen) atoms. The van der Waals surface area contributed by atoms with Crippen LogP contribution in [0, 0.1) is 15.9 Å². The molecule has 1 heterocycles. The van der Waals surface area contributed by atoms with Crippen LogP contribution in [-0.4, -0.2) is 32.5 Å². The van der Waals surface area contributed by atoms with Crippen LogP contribution < -0.4 is 5.32 Å². The van der Waals surface area contributed by atoms with Gasteiger partial charge >= 0.3 is 0 Å². The summed E-state index contributed by atoms with van der Waals surface area (Å²) in [6.45, 7) is -0.289. The number of nitro benzene ring substituents is 1. The average molecular weight is 417 g/mol. The van der Waals surface area contributed by atoms with E-state index in [1.54, 1.807) is 6.08 Å². The number of nitrogens with zero attached hydrogens (tertiary/aromatic N) is 2. The second-order valence-corrected chi connectivity index (χ2v) is 7.35. The Kier molecular flexibility index (Phi) is 5.81. The summed E-state index contributed by atoms with van der Waals surface area (Å²) in [5, 5.41) is 13.2. The lowest BCUT2D eigenvalue weighted by atomic mass is 10.2. The molecule has 0 aliphatic carbocycles. The summed E-state index contributed by atoms with van der Waals surface area (Å²) in [5.41, 5.74) is 0.904. The number of anilines is 1. The van der Waals surface area contributed by atoms with Crippen LogP contribution in [0.2, 0.25) is 0 Å². The smallest absolute Gasteiger partial charge is 0.269 e. The first-order valence-electron chi connectivity index (χ1n) is 7.89. The normalized spacial score (nSPS) is 15.2. The lowest BCUT2D eigenvalue weighted by molar-refractivity contribution is -0.384. The summed E-state index contributed by atoms with van der Waals surface area (Å²) in [7, 11) is 0. The van der Waals surface area contributed by atoms with Gasteiger partial charge in [0.25, 0.3) is 11.6 Å². The number of halogens is 1. The molecule has 1 aliphatic heterocycles. The molecule has 0 atom stereocenters. The van der Waals surface area contributed by atoms with Gasteiger partial charge in [0.1, 0.15) is 16.7 Å². The molecule has 0 bridgehead atoms. The average Bonchev–Trinajstić information content (AvgIpc) is 2.91. The summed E-state index contributed by atoms with van der Waals surface area (Å²) in [4.78, 5) is 36.3. The van der Waals surface area contributed by atoms with Gasteiger partial charge in [-0.2, -0.15) is 0 Å². The summed E-state index contributed by atoms with van der Waals surface area (Å²) in [5.74, 6) is -1.29. The van der Waals surface area contributed by atoms with Crippen molar-refractivity contribution >= 4 is 57.6 Å². The number of carbonyl (C=O) groups is 2. The van der Waals surface area contributed by atoms with Crippen LogP contribution in [0.5, 0.6) is 0 Å². The topological polar surface area (TPSA) is 92.6 Å². The van der Waals surface area contributed by atoms with Gasteiger partial charge in [0.2, 0.25) is 5.91 Å². The lowest BCUT2D eigenvalue weighted by Crippen LogP contribution is -2.36. The molecule has 1 N–H and O–H groups in total. The Morgan fingerprint density at radius 1 is 1.21 bits per heavy atom. The van der Waals surface area contributed by atoms with Crippen molar-refractivity contribution in [3.8, 4) is 0 Å². The van der Waals surface area contributed by atoms with E-state index in [2.05, 4.69) is 5.32 Å². The molecule has 10 heteroatoms. The molecule has 0 radical (unpaired) electrons. The Balaban J connectivity index is 1.65. The van der Waals surface area contributed by atoms with Gasteiger partial charge in [0.15, 0.2) is 0 Å². The number of hydrogen-bond donors (Lipinski definition) is 1. The van der Waals surface area contributed by atoms with Gasteiger partial charge in [-0.15, -0.1) is 0 Å². The molecule has 2 aromatic carbocycles. The van der Waals surface area contributed by atoms with E-state index < -0.39 is 16.7 Å². The Bertz CT molecular complexity index is 991. The fraction of sp³-hybridized carbons (Fsp3) is 0.0556. The first-order chi connectivity index (χ1) is 13.3. The molecule has 2 amide bonds. The van der Waals surface area contributed by atoms with Crippen LogP contribution in [0.4, 0.5) is 15.8 Å². The zero-order chi connectivity index (χ0) is 20.3. The highest BCUT2D eigenvalue weighted by atomic mass is 32.2. The number of carbonyl (C=O) groups excluding carboxylic acids is 2. The van der Waals surface area contributed by atoms with E-state index in [4.69, 9.17) is 12.2 Å². The van der Waals surface area contributed by atoms with Crippen molar-refractivity contribution in [1.82, 2.24) is 4.90 Å². The minimum Gasteiger partial charge on any atom is -0.325 e. The van der Waals surface area contributed by atoms with Crippen LogP contribution >= 0.6 is 24.0 Å². The van der Waals surface area contributed by atoms with E-state index in [0.29, 0.717) is 16.2 Å². The van der Waals surface area contributed by atoms with Gasteiger partial charge in [-0.1, -0.05) is 36.1 Å². The van der Waals surface area contributed by atoms with Crippen molar-refractivity contribution in [3.05, 3.63) is 74.9 Å². The molecular weight excluding hydrogens is 405 g/mol. The first-order valence-corrected chi connectivity index (χ1v) is 9.11. The standard InChI is InChI=1S/C18H12FN3O4S2/c19-12-3-1-11(2-4-12)9-15-17(24)21(18(27)28-15)10-16(23)20-13-5-7-14(8-6-13)22(25)26/h1-9H,10H2,(H,20,23)/b15-9-. The minimum absolute atomic E-state index is 0.0964. The van der Waals surface area contributed by atoms with Crippen molar-refractivity contribution in [2.24, 2.45) is 0 Å². The highest BCUT2D eigenvalue weighted by Gasteiger charge is 2.33. The largest absolute Gasteiger partial charge is 0.325 e. The molecule has 142 valence electrons. The van der Waals surface area contributed by atoms with E-state index >= 15 is 0 Å². The molecule has 0 aromatic heterocycles. The van der Waals surface area contributed by atoms with Gasteiger partial charge in [-0.25, -0.2) is 4.39 Å². The van der Waals surface area contributed by atoms with Gasteiger partial charge in [0, 0.05) is 17.8 Å². The molecule has 1 fully saturated rings. The van der Waals surface area contributed by atoms with E-state index in [1.807, 2.05) is 0 Å². The second-order valence-electron chi connectivity index (χ2n) is 5.67. The number of thioether (sulfide) groups is 1. The highest BCUT2D eigenvalue weighted by molar-refractivity contribution is 8.26. The zero-order valence-electron chi connectivity index (χ0n) is 14.1. The fourth-order valence-electron chi connectivity index (χ4n) is 2.36. The predicted molar refractivity (Wildman–Crippen MR) is 108 cm³/mol. The summed E-state index contributed by atoms with van der Waals surface area (Å²) in [6, 6.07) is 11.0. The van der Waals surface area contributed by atoms with E-state index in [9.17, 15) is 24.1 Å². The maximum Gasteiger partial charge on any atom is 0.269 e. The third-order valence-electron chi connectivity index (χ3n) is 3.70. The number of amides is 2. The van der Waals surface area contributed by atoms with E-state index in [1.165, 1.54) is 48.5 Å². The molecule has 0 unspecified atom stereocenters. The molecule has 0 saturated carbocycles. The van der Waals surface area contributed by atoms with Crippen LogP contribution in [0.25, 0.3) is 6.08 Å². The van der Waals surface area contributed by atoms with E-state index in [-0.39, 0.29) is 22.4 Å². The number of rotatable bonds is 5. The number of benzene rings is 2. The maximum absolute atomic E-state index is 13.0. The SMILES string of the molecule is O=C(CN1C(=O)/C(=C/c2ccc(F)cc2)SC1=S)Nc1ccc([N+](=O)[O-])cc1. The Labute approximate surface area is 168 Å². The Morgan fingerprint density at radius 3 is 2.46 bits per heavy atom. The predicted octanol–water partition coefficient (Wildman–Crippen LogP) is 3.57. The monoisotopic (exact) mass is 417 g/mol. The molecule has 2 aromatic rings. The summed E-state index contributed by atoms with van der Waals surface area (Å²) < 4.78 is 13.2. The number of non-ortho nitro benzene ring substituents is 1. The molecular formula is C18H12FN3O4S2. The van der Waals surface area contributed by atoms with Gasteiger partial charge < -0.3 is 5.32 Å².